The first-order valence-corrected chi connectivity index (χ1v) is 15.0. The molecule has 1 heterocycles. The van der Waals surface area contributed by atoms with Gasteiger partial charge in [0, 0.05) is 0 Å². The van der Waals surface area contributed by atoms with Gasteiger partial charge in [-0.2, -0.15) is 0 Å². The van der Waals surface area contributed by atoms with Gasteiger partial charge in [-0.25, -0.2) is 0 Å². The molecule has 0 atom stereocenters. The number of hydrogen-bond acceptors (Lipinski definition) is 2. The summed E-state index contributed by atoms with van der Waals surface area (Å²) in [6.07, 6.45) is 2.21. The Morgan fingerprint density at radius 2 is 0.585 bits per heavy atom. The molecule has 2 aliphatic carbocycles. The van der Waals surface area contributed by atoms with Crippen molar-refractivity contribution in [2.24, 2.45) is 0 Å². The SMILES string of the molecule is CC.CC.CC.c1ccc2c(c1)Cc1ccccc1-2.c1ccc2c(c1)Cc1ccccc1-2.c1ccc2c(c1)OCO2. The minimum atomic E-state index is 0.360. The molecule has 1 aliphatic heterocycles. The third-order valence-corrected chi connectivity index (χ3v) is 6.69. The Kier molecular flexibility index (Phi) is 12.7. The van der Waals surface area contributed by atoms with Crippen LogP contribution in [0, 0.1) is 0 Å². The third-order valence-electron chi connectivity index (χ3n) is 6.69. The van der Waals surface area contributed by atoms with Crippen LogP contribution in [0.4, 0.5) is 0 Å². The second-order valence-electron chi connectivity index (χ2n) is 8.84. The summed E-state index contributed by atoms with van der Waals surface area (Å²) in [6.45, 7) is 12.4. The first kappa shape index (κ1) is 31.2. The van der Waals surface area contributed by atoms with E-state index >= 15 is 0 Å². The van der Waals surface area contributed by atoms with Crippen molar-refractivity contribution < 1.29 is 9.47 Å². The maximum atomic E-state index is 5.08. The van der Waals surface area contributed by atoms with Crippen LogP contribution in [0.3, 0.4) is 0 Å². The molecular formula is C39H44O2. The van der Waals surface area contributed by atoms with Crippen molar-refractivity contribution in [3.8, 4) is 33.8 Å². The quantitative estimate of drug-likeness (QED) is 0.189. The number of para-hydroxylation sites is 2. The minimum Gasteiger partial charge on any atom is -0.454 e. The number of rotatable bonds is 0. The monoisotopic (exact) mass is 544 g/mol. The first-order chi connectivity index (χ1) is 20.4. The largest absolute Gasteiger partial charge is 0.454 e. The first-order valence-electron chi connectivity index (χ1n) is 15.0. The van der Waals surface area contributed by atoms with E-state index < -0.39 is 0 Å². The predicted octanol–water partition coefficient (Wildman–Crippen LogP) is 11.0. The van der Waals surface area contributed by atoms with Crippen LogP contribution < -0.4 is 9.47 Å². The highest BCUT2D eigenvalue weighted by molar-refractivity contribution is 5.77. The summed E-state index contributed by atoms with van der Waals surface area (Å²) in [5.74, 6) is 1.69. The van der Waals surface area contributed by atoms with Gasteiger partial charge >= 0.3 is 0 Å². The van der Waals surface area contributed by atoms with Crippen LogP contribution in [0.5, 0.6) is 11.5 Å². The molecule has 0 fully saturated rings. The molecule has 0 bridgehead atoms. The maximum absolute atomic E-state index is 5.08. The molecule has 0 spiro atoms. The molecule has 0 saturated carbocycles. The van der Waals surface area contributed by atoms with Crippen molar-refractivity contribution in [3.05, 3.63) is 144 Å². The fourth-order valence-electron chi connectivity index (χ4n) is 5.00. The second kappa shape index (κ2) is 16.7. The Morgan fingerprint density at radius 1 is 0.341 bits per heavy atom. The van der Waals surface area contributed by atoms with Gasteiger partial charge < -0.3 is 9.47 Å². The van der Waals surface area contributed by atoms with Crippen LogP contribution >= 0.6 is 0 Å². The molecule has 41 heavy (non-hydrogen) atoms. The average molecular weight is 545 g/mol. The van der Waals surface area contributed by atoms with Crippen molar-refractivity contribution in [3.63, 3.8) is 0 Å². The Labute approximate surface area is 247 Å². The lowest BCUT2D eigenvalue weighted by molar-refractivity contribution is 0.174. The molecule has 212 valence electrons. The standard InChI is InChI=1S/2C13H10.C7H6O2.3C2H6/c2*1-3-7-12-10(5-1)9-11-6-2-4-8-13(11)12;1-2-4-7-6(3-1)8-5-9-7;3*1-2/h2*1-8H,9H2;1-4H,5H2;3*1-2H3. The Bertz CT molecular complexity index is 1290. The normalized spacial score (nSPS) is 11.3. The van der Waals surface area contributed by atoms with Crippen LogP contribution in [-0.2, 0) is 12.8 Å². The topological polar surface area (TPSA) is 18.5 Å². The average Bonchev–Trinajstić information content (AvgIpc) is 3.80. The van der Waals surface area contributed by atoms with Gasteiger partial charge in [0.05, 0.1) is 0 Å². The number of ether oxygens (including phenoxy) is 2. The summed E-state index contributed by atoms with van der Waals surface area (Å²) in [5, 5.41) is 0. The van der Waals surface area contributed by atoms with Crippen molar-refractivity contribution >= 4 is 0 Å². The van der Waals surface area contributed by atoms with Crippen LogP contribution in [0.1, 0.15) is 63.8 Å². The number of benzene rings is 5. The summed E-state index contributed by atoms with van der Waals surface area (Å²) in [4.78, 5) is 0. The third kappa shape index (κ3) is 7.67. The van der Waals surface area contributed by atoms with Crippen molar-refractivity contribution in [2.75, 3.05) is 6.79 Å². The van der Waals surface area contributed by atoms with Crippen molar-refractivity contribution in [1.82, 2.24) is 0 Å². The lowest BCUT2D eigenvalue weighted by atomic mass is 10.1. The molecule has 0 N–H and O–H groups in total. The van der Waals surface area contributed by atoms with Gasteiger partial charge in [0.25, 0.3) is 0 Å². The number of fused-ring (bicyclic) bond motifs is 7. The van der Waals surface area contributed by atoms with Gasteiger partial charge in [-0.15, -0.1) is 0 Å². The molecule has 3 aliphatic rings. The molecule has 0 saturated heterocycles. The van der Waals surface area contributed by atoms with E-state index in [0.29, 0.717) is 6.79 Å². The number of hydrogen-bond donors (Lipinski definition) is 0. The summed E-state index contributed by atoms with van der Waals surface area (Å²) in [7, 11) is 0. The Hall–Kier alpha value is -4.30. The van der Waals surface area contributed by atoms with Crippen LogP contribution in [0.15, 0.2) is 121 Å². The zero-order valence-electron chi connectivity index (χ0n) is 25.5. The summed E-state index contributed by atoms with van der Waals surface area (Å²) >= 11 is 0. The van der Waals surface area contributed by atoms with Gasteiger partial charge in [0.2, 0.25) is 6.79 Å². The fraction of sp³-hybridized carbons (Fsp3) is 0.231. The molecule has 0 radical (unpaired) electrons. The van der Waals surface area contributed by atoms with Gasteiger partial charge in [-0.3, -0.25) is 0 Å². The zero-order valence-corrected chi connectivity index (χ0v) is 25.5. The van der Waals surface area contributed by atoms with Crippen molar-refractivity contribution in [1.29, 1.82) is 0 Å². The molecule has 0 aromatic heterocycles. The highest BCUT2D eigenvalue weighted by atomic mass is 16.7. The fourth-order valence-corrected chi connectivity index (χ4v) is 5.00. The molecule has 8 rings (SSSR count). The van der Waals surface area contributed by atoms with E-state index in [1.165, 1.54) is 44.5 Å². The second-order valence-corrected chi connectivity index (χ2v) is 8.84. The molecule has 2 nitrogen and oxygen atoms in total. The smallest absolute Gasteiger partial charge is 0.231 e. The minimum absolute atomic E-state index is 0.360. The molecular weight excluding hydrogens is 500 g/mol. The van der Waals surface area contributed by atoms with E-state index in [-0.39, 0.29) is 0 Å². The van der Waals surface area contributed by atoms with Crippen LogP contribution in [-0.4, -0.2) is 6.79 Å². The van der Waals surface area contributed by atoms with Crippen molar-refractivity contribution in [2.45, 2.75) is 54.4 Å². The van der Waals surface area contributed by atoms with E-state index in [1.807, 2.05) is 65.8 Å². The summed E-state index contributed by atoms with van der Waals surface area (Å²) in [5.41, 5.74) is 11.5. The molecule has 5 aromatic carbocycles. The van der Waals surface area contributed by atoms with E-state index in [1.54, 1.807) is 0 Å². The van der Waals surface area contributed by atoms with E-state index in [0.717, 1.165) is 24.3 Å². The molecule has 0 unspecified atom stereocenters. The lowest BCUT2D eigenvalue weighted by Crippen LogP contribution is -1.92. The highest BCUT2D eigenvalue weighted by Crippen LogP contribution is 2.36. The zero-order chi connectivity index (χ0) is 29.5. The maximum Gasteiger partial charge on any atom is 0.231 e. The van der Waals surface area contributed by atoms with Gasteiger partial charge in [0.15, 0.2) is 11.5 Å². The van der Waals surface area contributed by atoms with Crippen LogP contribution in [0.2, 0.25) is 0 Å². The van der Waals surface area contributed by atoms with Crippen LogP contribution in [0.25, 0.3) is 22.3 Å². The van der Waals surface area contributed by atoms with E-state index in [4.69, 9.17) is 9.47 Å². The molecule has 2 heteroatoms. The van der Waals surface area contributed by atoms with Gasteiger partial charge in [0.1, 0.15) is 0 Å². The lowest BCUT2D eigenvalue weighted by Gasteiger charge is -1.98. The predicted molar refractivity (Wildman–Crippen MR) is 176 cm³/mol. The summed E-state index contributed by atoms with van der Waals surface area (Å²) in [6, 6.07) is 42.3. The Morgan fingerprint density at radius 3 is 0.878 bits per heavy atom. The summed E-state index contributed by atoms with van der Waals surface area (Å²) < 4.78 is 10.2. The molecule has 0 amide bonds. The van der Waals surface area contributed by atoms with E-state index in [9.17, 15) is 0 Å². The molecule has 5 aromatic rings. The Balaban J connectivity index is 0.000000157. The van der Waals surface area contributed by atoms with E-state index in [2.05, 4.69) is 97.1 Å². The van der Waals surface area contributed by atoms with Gasteiger partial charge in [-0.05, 0) is 69.5 Å². The van der Waals surface area contributed by atoms with Gasteiger partial charge in [-0.1, -0.05) is 151 Å². The highest BCUT2D eigenvalue weighted by Gasteiger charge is 2.17.